The fourth-order valence-corrected chi connectivity index (χ4v) is 4.05. The van der Waals surface area contributed by atoms with Gasteiger partial charge in [-0.1, -0.05) is 20.8 Å². The lowest BCUT2D eigenvalue weighted by atomic mass is 9.73. The molecule has 2 aliphatic rings. The molecule has 1 aromatic heterocycles. The smallest absolute Gasteiger partial charge is 0.329 e. The largest absolute Gasteiger partial charge is 0.454 e. The molecule has 1 aliphatic carbocycles. The van der Waals surface area contributed by atoms with Gasteiger partial charge in [-0.15, -0.1) is 0 Å². The molecular weight excluding hydrogens is 321 g/mol. The predicted molar refractivity (Wildman–Crippen MR) is 90.7 cm³/mol. The average Bonchev–Trinajstić information content (AvgIpc) is 2.94. The van der Waals surface area contributed by atoms with Crippen LogP contribution < -0.4 is 0 Å². The first-order valence-corrected chi connectivity index (χ1v) is 8.58. The summed E-state index contributed by atoms with van der Waals surface area (Å²) in [5.74, 6) is -0.528. The van der Waals surface area contributed by atoms with Gasteiger partial charge in [-0.3, -0.25) is 4.79 Å². The summed E-state index contributed by atoms with van der Waals surface area (Å²) in [6.45, 7) is 5.82. The molecule has 2 aromatic rings. The predicted octanol–water partition coefficient (Wildman–Crippen LogP) is 4.46. The molecule has 0 saturated carbocycles. The highest BCUT2D eigenvalue weighted by Crippen LogP contribution is 2.51. The molecule has 2 heterocycles. The van der Waals surface area contributed by atoms with Crippen LogP contribution in [0.15, 0.2) is 30.3 Å². The van der Waals surface area contributed by atoms with Gasteiger partial charge in [0.05, 0.1) is 5.69 Å². The number of carbonyl (C=O) groups is 2. The Morgan fingerprint density at radius 1 is 1.24 bits per heavy atom. The Labute approximate surface area is 145 Å². The van der Waals surface area contributed by atoms with Crippen LogP contribution in [-0.2, 0) is 9.53 Å². The van der Waals surface area contributed by atoms with Gasteiger partial charge in [0.15, 0.2) is 5.78 Å². The number of aromatic nitrogens is 1. The molecule has 1 aliphatic heterocycles. The summed E-state index contributed by atoms with van der Waals surface area (Å²) in [6, 6.07) is 7.49. The summed E-state index contributed by atoms with van der Waals surface area (Å²) in [4.78, 5) is 25.3. The van der Waals surface area contributed by atoms with Crippen LogP contribution in [0.4, 0.5) is 4.39 Å². The summed E-state index contributed by atoms with van der Waals surface area (Å²) in [7, 11) is 0. The molecule has 0 amide bonds. The second kappa shape index (κ2) is 5.28. The maximum Gasteiger partial charge on any atom is 0.329 e. The number of Topliss-reactive ketones (excluding diaryl/α,β-unsaturated/α-hetero) is 1. The first-order chi connectivity index (χ1) is 11.8. The van der Waals surface area contributed by atoms with Crippen molar-refractivity contribution in [2.45, 2.75) is 45.8 Å². The lowest BCUT2D eigenvalue weighted by Crippen LogP contribution is -2.42. The first kappa shape index (κ1) is 16.1. The van der Waals surface area contributed by atoms with Crippen molar-refractivity contribution in [2.24, 2.45) is 5.41 Å². The first-order valence-electron chi connectivity index (χ1n) is 8.58. The van der Waals surface area contributed by atoms with Gasteiger partial charge in [-0.2, -0.15) is 0 Å². The Morgan fingerprint density at radius 2 is 1.92 bits per heavy atom. The Bertz CT molecular complexity index is 879. The third kappa shape index (κ3) is 2.25. The molecule has 25 heavy (non-hydrogen) atoms. The Morgan fingerprint density at radius 3 is 2.56 bits per heavy atom. The van der Waals surface area contributed by atoms with Crippen LogP contribution in [0.5, 0.6) is 0 Å². The van der Waals surface area contributed by atoms with Crippen LogP contribution in [0.3, 0.4) is 0 Å². The molecule has 0 bridgehead atoms. The summed E-state index contributed by atoms with van der Waals surface area (Å²) in [5.41, 5.74) is 2.51. The standard InChI is InChI=1S/C20H20FNO3/c1-4-14-19(24)25-18-17-13(16(23)10-20(18,2)3)9-15(22(14)17)11-5-7-12(21)8-6-11/h5-9,14,18H,4,10H2,1-3H3/t14-,18-/m1/s1. The number of rotatable bonds is 2. The topological polar surface area (TPSA) is 48.3 Å². The summed E-state index contributed by atoms with van der Waals surface area (Å²) in [5, 5.41) is 0. The highest BCUT2D eigenvalue weighted by Gasteiger charge is 2.49. The Kier molecular flexibility index (Phi) is 3.39. The van der Waals surface area contributed by atoms with Gasteiger partial charge in [0.1, 0.15) is 18.0 Å². The molecule has 0 spiro atoms. The van der Waals surface area contributed by atoms with Crippen LogP contribution in [0.1, 0.15) is 61.8 Å². The second-order valence-corrected chi connectivity index (χ2v) is 7.53. The van der Waals surface area contributed by atoms with Crippen molar-refractivity contribution in [3.05, 3.63) is 47.4 Å². The number of hydrogen-bond acceptors (Lipinski definition) is 3. The van der Waals surface area contributed by atoms with Crippen LogP contribution in [0.2, 0.25) is 0 Å². The quantitative estimate of drug-likeness (QED) is 0.758. The molecule has 0 fully saturated rings. The number of halogens is 1. The molecule has 5 heteroatoms. The minimum atomic E-state index is -0.471. The van der Waals surface area contributed by atoms with Crippen molar-refractivity contribution in [3.63, 3.8) is 0 Å². The minimum absolute atomic E-state index is 0.0613. The molecule has 0 radical (unpaired) electrons. The molecule has 4 rings (SSSR count). The summed E-state index contributed by atoms with van der Waals surface area (Å²) >= 11 is 0. The van der Waals surface area contributed by atoms with Crippen LogP contribution >= 0.6 is 0 Å². The molecule has 0 N–H and O–H groups in total. The zero-order chi connectivity index (χ0) is 17.9. The van der Waals surface area contributed by atoms with E-state index in [1.807, 2.05) is 31.4 Å². The van der Waals surface area contributed by atoms with E-state index < -0.39 is 17.6 Å². The van der Waals surface area contributed by atoms with Crippen LogP contribution in [-0.4, -0.2) is 16.3 Å². The van der Waals surface area contributed by atoms with Crippen molar-refractivity contribution in [2.75, 3.05) is 0 Å². The van der Waals surface area contributed by atoms with Crippen LogP contribution in [0.25, 0.3) is 11.3 Å². The number of hydrogen-bond donors (Lipinski definition) is 0. The second-order valence-electron chi connectivity index (χ2n) is 7.53. The average molecular weight is 341 g/mol. The van der Waals surface area contributed by atoms with Gasteiger partial charge in [-0.05, 0) is 42.3 Å². The molecule has 4 nitrogen and oxygen atoms in total. The number of ketones is 1. The third-order valence-corrected chi connectivity index (χ3v) is 5.30. The van der Waals surface area contributed by atoms with Gasteiger partial charge in [0, 0.05) is 23.1 Å². The molecule has 0 unspecified atom stereocenters. The summed E-state index contributed by atoms with van der Waals surface area (Å²) in [6.07, 6.45) is 0.460. The van der Waals surface area contributed by atoms with Crippen LogP contribution in [0, 0.1) is 11.2 Å². The number of nitrogens with zero attached hydrogens (tertiary/aromatic N) is 1. The van der Waals surface area contributed by atoms with E-state index in [9.17, 15) is 14.0 Å². The fourth-order valence-electron chi connectivity index (χ4n) is 4.05. The van der Waals surface area contributed by atoms with E-state index >= 15 is 0 Å². The minimum Gasteiger partial charge on any atom is -0.454 e. The normalized spacial score (nSPS) is 24.0. The van der Waals surface area contributed by atoms with Gasteiger partial charge in [-0.25, -0.2) is 9.18 Å². The molecule has 0 saturated heterocycles. The molecule has 2 atom stereocenters. The van der Waals surface area contributed by atoms with E-state index in [1.54, 1.807) is 12.1 Å². The Hall–Kier alpha value is -2.43. The monoisotopic (exact) mass is 341 g/mol. The lowest BCUT2D eigenvalue weighted by Gasteiger charge is -2.42. The maximum absolute atomic E-state index is 13.3. The molecule has 1 aromatic carbocycles. The highest BCUT2D eigenvalue weighted by atomic mass is 19.1. The van der Waals surface area contributed by atoms with Gasteiger partial charge in [0.2, 0.25) is 0 Å². The van der Waals surface area contributed by atoms with Crippen molar-refractivity contribution < 1.29 is 18.7 Å². The zero-order valence-electron chi connectivity index (χ0n) is 14.5. The van der Waals surface area contributed by atoms with Gasteiger partial charge in [0.25, 0.3) is 0 Å². The molecular formula is C20H20FNO3. The van der Waals surface area contributed by atoms with E-state index in [-0.39, 0.29) is 17.6 Å². The van der Waals surface area contributed by atoms with Crippen molar-refractivity contribution in [1.29, 1.82) is 0 Å². The van der Waals surface area contributed by atoms with Gasteiger partial charge >= 0.3 is 5.97 Å². The van der Waals surface area contributed by atoms with Crippen molar-refractivity contribution in [1.82, 2.24) is 4.57 Å². The maximum atomic E-state index is 13.3. The zero-order valence-corrected chi connectivity index (χ0v) is 14.5. The lowest BCUT2D eigenvalue weighted by molar-refractivity contribution is -0.166. The van der Waals surface area contributed by atoms with Gasteiger partial charge < -0.3 is 9.30 Å². The Balaban J connectivity index is 2.01. The third-order valence-electron chi connectivity index (χ3n) is 5.30. The number of esters is 1. The van der Waals surface area contributed by atoms with E-state index in [0.29, 0.717) is 18.4 Å². The van der Waals surface area contributed by atoms with Crippen molar-refractivity contribution in [3.8, 4) is 11.3 Å². The van der Waals surface area contributed by atoms with Crippen molar-refractivity contribution >= 4 is 11.8 Å². The SMILES string of the molecule is CC[C@@H]1C(=O)O[C@@H]2c3c(cc(-c4ccc(F)cc4)n31)C(=O)CC2(C)C. The summed E-state index contributed by atoms with van der Waals surface area (Å²) < 4.78 is 21.0. The van der Waals surface area contributed by atoms with E-state index in [1.165, 1.54) is 12.1 Å². The van der Waals surface area contributed by atoms with E-state index in [4.69, 9.17) is 4.74 Å². The number of benzene rings is 1. The van der Waals surface area contributed by atoms with E-state index in [0.717, 1.165) is 17.0 Å². The molecule has 130 valence electrons. The fraction of sp³-hybridized carbons (Fsp3) is 0.400. The van der Waals surface area contributed by atoms with E-state index in [2.05, 4.69) is 0 Å². The number of carbonyl (C=O) groups excluding carboxylic acids is 2. The number of ether oxygens (including phenoxy) is 1. The highest BCUT2D eigenvalue weighted by molar-refractivity contribution is 6.01.